The molecule has 1 aliphatic rings. The minimum atomic E-state index is 0.0573. The first-order chi connectivity index (χ1) is 6.66. The molecule has 1 aliphatic heterocycles. The topological polar surface area (TPSA) is 32.3 Å². The van der Waals surface area contributed by atoms with Gasteiger partial charge in [-0.3, -0.25) is 4.79 Å². The molecule has 14 heavy (non-hydrogen) atoms. The van der Waals surface area contributed by atoms with Crippen molar-refractivity contribution in [3.05, 3.63) is 0 Å². The molecule has 0 saturated carbocycles. The van der Waals surface area contributed by atoms with Crippen LogP contribution in [0, 0.1) is 5.92 Å². The standard InChI is InChI=1S/C10H20N2OS/c1-8-4-5-11-9(8)10(13)12(2)6-7-14-3/h8-9,11H,4-7H2,1-3H3. The molecule has 0 aromatic heterocycles. The lowest BCUT2D eigenvalue weighted by molar-refractivity contribution is -0.132. The first-order valence-electron chi connectivity index (χ1n) is 5.14. The lowest BCUT2D eigenvalue weighted by Gasteiger charge is -2.23. The summed E-state index contributed by atoms with van der Waals surface area (Å²) in [4.78, 5) is 13.8. The molecule has 0 radical (unpaired) electrons. The Labute approximate surface area is 90.6 Å². The third kappa shape index (κ3) is 2.89. The molecule has 2 atom stereocenters. The van der Waals surface area contributed by atoms with Crippen LogP contribution in [-0.4, -0.2) is 49.0 Å². The van der Waals surface area contributed by atoms with Gasteiger partial charge in [0.2, 0.25) is 5.91 Å². The molecule has 1 amide bonds. The lowest BCUT2D eigenvalue weighted by Crippen LogP contribution is -2.44. The fourth-order valence-corrected chi connectivity index (χ4v) is 2.20. The van der Waals surface area contributed by atoms with Crippen molar-refractivity contribution in [3.63, 3.8) is 0 Å². The van der Waals surface area contributed by atoms with Crippen molar-refractivity contribution < 1.29 is 4.79 Å². The van der Waals surface area contributed by atoms with Gasteiger partial charge in [-0.2, -0.15) is 11.8 Å². The minimum Gasteiger partial charge on any atom is -0.344 e. The maximum absolute atomic E-state index is 11.9. The fourth-order valence-electron chi connectivity index (χ4n) is 1.74. The van der Waals surface area contributed by atoms with Gasteiger partial charge in [0.1, 0.15) is 0 Å². The molecule has 2 unspecified atom stereocenters. The van der Waals surface area contributed by atoms with E-state index < -0.39 is 0 Å². The minimum absolute atomic E-state index is 0.0573. The van der Waals surface area contributed by atoms with Gasteiger partial charge in [-0.15, -0.1) is 0 Å². The van der Waals surface area contributed by atoms with Gasteiger partial charge in [0, 0.05) is 19.3 Å². The van der Waals surface area contributed by atoms with Crippen LogP contribution in [0.3, 0.4) is 0 Å². The van der Waals surface area contributed by atoms with Gasteiger partial charge in [-0.25, -0.2) is 0 Å². The normalized spacial score (nSPS) is 26.5. The van der Waals surface area contributed by atoms with Crippen molar-refractivity contribution >= 4 is 17.7 Å². The molecule has 1 saturated heterocycles. The van der Waals surface area contributed by atoms with E-state index in [-0.39, 0.29) is 11.9 Å². The SMILES string of the molecule is CSCCN(C)C(=O)C1NCCC1C. The van der Waals surface area contributed by atoms with Gasteiger partial charge >= 0.3 is 0 Å². The van der Waals surface area contributed by atoms with Gasteiger partial charge in [0.25, 0.3) is 0 Å². The Morgan fingerprint density at radius 2 is 2.36 bits per heavy atom. The fraction of sp³-hybridized carbons (Fsp3) is 0.900. The zero-order valence-corrected chi connectivity index (χ0v) is 10.1. The Balaban J connectivity index is 2.39. The number of carbonyl (C=O) groups excluding carboxylic acids is 1. The molecule has 1 rings (SSSR count). The van der Waals surface area contributed by atoms with Gasteiger partial charge in [0.15, 0.2) is 0 Å². The maximum Gasteiger partial charge on any atom is 0.239 e. The van der Waals surface area contributed by atoms with Crippen LogP contribution in [0.25, 0.3) is 0 Å². The number of amides is 1. The van der Waals surface area contributed by atoms with Crippen molar-refractivity contribution in [1.29, 1.82) is 0 Å². The quantitative estimate of drug-likeness (QED) is 0.754. The van der Waals surface area contributed by atoms with Crippen LogP contribution in [0.2, 0.25) is 0 Å². The van der Waals surface area contributed by atoms with Gasteiger partial charge in [-0.05, 0) is 25.1 Å². The van der Waals surface area contributed by atoms with Crippen LogP contribution in [0.4, 0.5) is 0 Å². The number of carbonyl (C=O) groups is 1. The smallest absolute Gasteiger partial charge is 0.239 e. The molecule has 0 aliphatic carbocycles. The Morgan fingerprint density at radius 3 is 2.86 bits per heavy atom. The van der Waals surface area contributed by atoms with Crippen molar-refractivity contribution in [2.75, 3.05) is 32.1 Å². The molecule has 1 heterocycles. The molecule has 1 fully saturated rings. The first-order valence-corrected chi connectivity index (χ1v) is 6.53. The van der Waals surface area contributed by atoms with Gasteiger partial charge in [0.05, 0.1) is 6.04 Å². The van der Waals surface area contributed by atoms with E-state index in [9.17, 15) is 4.79 Å². The maximum atomic E-state index is 11.9. The number of rotatable bonds is 4. The van der Waals surface area contributed by atoms with Gasteiger partial charge in [-0.1, -0.05) is 6.92 Å². The lowest BCUT2D eigenvalue weighted by atomic mass is 10.0. The second kappa shape index (κ2) is 5.61. The van der Waals surface area contributed by atoms with Crippen LogP contribution in [0.1, 0.15) is 13.3 Å². The average Bonchev–Trinajstić information content (AvgIpc) is 2.59. The summed E-state index contributed by atoms with van der Waals surface area (Å²) in [5.74, 6) is 1.76. The summed E-state index contributed by atoms with van der Waals surface area (Å²) >= 11 is 1.78. The Bertz CT molecular complexity index is 199. The summed E-state index contributed by atoms with van der Waals surface area (Å²) in [5.41, 5.74) is 0. The molecular weight excluding hydrogens is 196 g/mol. The van der Waals surface area contributed by atoms with Crippen molar-refractivity contribution in [3.8, 4) is 0 Å². The predicted octanol–water partition coefficient (Wildman–Crippen LogP) is 0.806. The number of hydrogen-bond acceptors (Lipinski definition) is 3. The van der Waals surface area contributed by atoms with Crippen molar-refractivity contribution in [2.45, 2.75) is 19.4 Å². The predicted molar refractivity (Wildman–Crippen MR) is 61.6 cm³/mol. The highest BCUT2D eigenvalue weighted by Gasteiger charge is 2.30. The van der Waals surface area contributed by atoms with Crippen LogP contribution in [-0.2, 0) is 4.79 Å². The molecule has 0 spiro atoms. The highest BCUT2D eigenvalue weighted by Crippen LogP contribution is 2.16. The Hall–Kier alpha value is -0.220. The van der Waals surface area contributed by atoms with Crippen LogP contribution >= 0.6 is 11.8 Å². The van der Waals surface area contributed by atoms with Crippen molar-refractivity contribution in [2.24, 2.45) is 5.92 Å². The second-order valence-electron chi connectivity index (χ2n) is 3.95. The van der Waals surface area contributed by atoms with Crippen LogP contribution < -0.4 is 5.32 Å². The molecule has 1 N–H and O–H groups in total. The zero-order chi connectivity index (χ0) is 10.6. The summed E-state index contributed by atoms with van der Waals surface area (Å²) in [5, 5.41) is 3.27. The third-order valence-corrected chi connectivity index (χ3v) is 3.40. The highest BCUT2D eigenvalue weighted by atomic mass is 32.2. The largest absolute Gasteiger partial charge is 0.344 e. The molecule has 0 bridgehead atoms. The first kappa shape index (κ1) is 11.9. The van der Waals surface area contributed by atoms with E-state index in [1.807, 2.05) is 11.9 Å². The van der Waals surface area contributed by atoms with E-state index in [1.165, 1.54) is 0 Å². The van der Waals surface area contributed by atoms with E-state index >= 15 is 0 Å². The van der Waals surface area contributed by atoms with E-state index in [1.54, 1.807) is 11.8 Å². The highest BCUT2D eigenvalue weighted by molar-refractivity contribution is 7.98. The van der Waals surface area contributed by atoms with E-state index in [0.29, 0.717) is 5.92 Å². The summed E-state index contributed by atoms with van der Waals surface area (Å²) < 4.78 is 0. The summed E-state index contributed by atoms with van der Waals surface area (Å²) in [6.45, 7) is 3.98. The molecule has 4 heteroatoms. The summed E-state index contributed by atoms with van der Waals surface area (Å²) in [7, 11) is 1.89. The van der Waals surface area contributed by atoms with E-state index in [0.717, 1.165) is 25.3 Å². The average molecular weight is 216 g/mol. The molecule has 0 aromatic rings. The van der Waals surface area contributed by atoms with E-state index in [2.05, 4.69) is 18.5 Å². The molecule has 82 valence electrons. The zero-order valence-electron chi connectivity index (χ0n) is 9.25. The van der Waals surface area contributed by atoms with Crippen LogP contribution in [0.15, 0.2) is 0 Å². The number of nitrogens with zero attached hydrogens (tertiary/aromatic N) is 1. The van der Waals surface area contributed by atoms with E-state index in [4.69, 9.17) is 0 Å². The second-order valence-corrected chi connectivity index (χ2v) is 4.94. The molecule has 0 aromatic carbocycles. The van der Waals surface area contributed by atoms with Crippen molar-refractivity contribution in [1.82, 2.24) is 10.2 Å². The summed E-state index contributed by atoms with van der Waals surface area (Å²) in [6, 6.07) is 0.0573. The monoisotopic (exact) mass is 216 g/mol. The number of hydrogen-bond donors (Lipinski definition) is 1. The third-order valence-electron chi connectivity index (χ3n) is 2.81. The Morgan fingerprint density at radius 1 is 1.64 bits per heavy atom. The van der Waals surface area contributed by atoms with Gasteiger partial charge < -0.3 is 10.2 Å². The number of nitrogens with one attached hydrogen (secondary N) is 1. The molecule has 3 nitrogen and oxygen atoms in total. The summed E-state index contributed by atoms with van der Waals surface area (Å²) in [6.07, 6.45) is 3.18. The number of likely N-dealkylation sites (N-methyl/N-ethyl adjacent to an activating group) is 1. The number of thioether (sulfide) groups is 1. The van der Waals surface area contributed by atoms with Crippen LogP contribution in [0.5, 0.6) is 0 Å². The Kier molecular flexibility index (Phi) is 4.75. The molecular formula is C10H20N2OS.